The van der Waals surface area contributed by atoms with Crippen molar-refractivity contribution in [3.05, 3.63) is 59.7 Å². The first-order valence-electron chi connectivity index (χ1n) is 11.6. The van der Waals surface area contributed by atoms with Crippen LogP contribution in [-0.2, 0) is 16.1 Å². The summed E-state index contributed by atoms with van der Waals surface area (Å²) in [4.78, 5) is 17.1. The maximum Gasteiger partial charge on any atom is 0.226 e. The van der Waals surface area contributed by atoms with Crippen molar-refractivity contribution in [1.82, 2.24) is 4.90 Å². The molecular weight excluding hydrogens is 386 g/mol. The van der Waals surface area contributed by atoms with E-state index in [0.29, 0.717) is 5.92 Å². The first-order chi connectivity index (χ1) is 15.1. The first-order valence-corrected chi connectivity index (χ1v) is 11.6. The van der Waals surface area contributed by atoms with Crippen molar-refractivity contribution in [2.45, 2.75) is 39.2 Å². The van der Waals surface area contributed by atoms with Gasteiger partial charge in [0.1, 0.15) is 0 Å². The van der Waals surface area contributed by atoms with E-state index in [9.17, 15) is 4.79 Å². The fourth-order valence-corrected chi connectivity index (χ4v) is 4.58. The van der Waals surface area contributed by atoms with E-state index >= 15 is 0 Å². The summed E-state index contributed by atoms with van der Waals surface area (Å²) in [6, 6.07) is 17.3. The molecule has 166 valence electrons. The molecule has 5 heteroatoms. The molecule has 0 unspecified atom stereocenters. The van der Waals surface area contributed by atoms with Crippen molar-refractivity contribution in [3.8, 4) is 0 Å². The van der Waals surface area contributed by atoms with Crippen LogP contribution in [0.5, 0.6) is 0 Å². The van der Waals surface area contributed by atoms with Gasteiger partial charge in [-0.1, -0.05) is 44.2 Å². The molecule has 0 saturated carbocycles. The number of carbonyl (C=O) groups is 1. The van der Waals surface area contributed by atoms with Gasteiger partial charge in [-0.05, 0) is 61.2 Å². The minimum absolute atomic E-state index is 0.00719. The Kier molecular flexibility index (Phi) is 7.25. The Bertz CT molecular complexity index is 868. The van der Waals surface area contributed by atoms with Gasteiger partial charge in [0.05, 0.1) is 13.2 Å². The molecule has 2 aliphatic heterocycles. The highest BCUT2D eigenvalue weighted by Gasteiger charge is 2.23. The maximum atomic E-state index is 12.0. The van der Waals surface area contributed by atoms with Crippen LogP contribution >= 0.6 is 0 Å². The lowest BCUT2D eigenvalue weighted by Gasteiger charge is -2.35. The third-order valence-electron chi connectivity index (χ3n) is 6.47. The predicted octanol–water partition coefficient (Wildman–Crippen LogP) is 4.50. The van der Waals surface area contributed by atoms with Gasteiger partial charge in [0.25, 0.3) is 0 Å². The second-order valence-corrected chi connectivity index (χ2v) is 9.05. The second kappa shape index (κ2) is 10.3. The van der Waals surface area contributed by atoms with Gasteiger partial charge in [0, 0.05) is 36.9 Å². The number of piperidine rings is 1. The van der Waals surface area contributed by atoms with E-state index in [1.807, 2.05) is 19.9 Å². The number of nitrogens with one attached hydrogen (secondary N) is 1. The number of anilines is 2. The van der Waals surface area contributed by atoms with Crippen LogP contribution in [0.2, 0.25) is 0 Å². The van der Waals surface area contributed by atoms with Crippen LogP contribution in [0.15, 0.2) is 48.5 Å². The molecule has 0 bridgehead atoms. The summed E-state index contributed by atoms with van der Waals surface area (Å²) in [7, 11) is 0. The quantitative estimate of drug-likeness (QED) is 0.746. The molecule has 1 amide bonds. The molecule has 0 aromatic heterocycles. The summed E-state index contributed by atoms with van der Waals surface area (Å²) < 4.78 is 5.53. The van der Waals surface area contributed by atoms with Gasteiger partial charge in [-0.2, -0.15) is 0 Å². The number of rotatable bonds is 6. The fourth-order valence-electron chi connectivity index (χ4n) is 4.58. The van der Waals surface area contributed by atoms with E-state index in [1.54, 1.807) is 0 Å². The van der Waals surface area contributed by atoms with Gasteiger partial charge in [-0.3, -0.25) is 9.69 Å². The Morgan fingerprint density at radius 3 is 2.52 bits per heavy atom. The van der Waals surface area contributed by atoms with Gasteiger partial charge in [-0.15, -0.1) is 0 Å². The van der Waals surface area contributed by atoms with Crippen molar-refractivity contribution in [2.75, 3.05) is 49.6 Å². The van der Waals surface area contributed by atoms with Gasteiger partial charge in [0.15, 0.2) is 0 Å². The summed E-state index contributed by atoms with van der Waals surface area (Å²) >= 11 is 0. The zero-order chi connectivity index (χ0) is 21.6. The molecule has 2 aliphatic rings. The first kappa shape index (κ1) is 21.8. The van der Waals surface area contributed by atoms with Gasteiger partial charge < -0.3 is 15.0 Å². The molecule has 0 spiro atoms. The van der Waals surface area contributed by atoms with Crippen molar-refractivity contribution in [2.24, 2.45) is 5.92 Å². The Labute approximate surface area is 186 Å². The zero-order valence-electron chi connectivity index (χ0n) is 18.8. The Hall–Kier alpha value is -2.37. The number of hydrogen-bond acceptors (Lipinski definition) is 4. The molecule has 0 aliphatic carbocycles. The van der Waals surface area contributed by atoms with Crippen molar-refractivity contribution >= 4 is 17.3 Å². The van der Waals surface area contributed by atoms with Gasteiger partial charge in [-0.25, -0.2) is 0 Å². The highest BCUT2D eigenvalue weighted by atomic mass is 16.5. The molecule has 0 atom stereocenters. The minimum Gasteiger partial charge on any atom is -0.378 e. The van der Waals surface area contributed by atoms with Crippen LogP contribution in [0.4, 0.5) is 11.4 Å². The number of amides is 1. The Balaban J connectivity index is 1.35. The van der Waals surface area contributed by atoms with Crippen LogP contribution in [-0.4, -0.2) is 50.2 Å². The van der Waals surface area contributed by atoms with Crippen LogP contribution < -0.4 is 10.2 Å². The maximum absolute atomic E-state index is 12.0. The monoisotopic (exact) mass is 421 g/mol. The van der Waals surface area contributed by atoms with Crippen molar-refractivity contribution in [1.29, 1.82) is 0 Å². The molecule has 4 rings (SSSR count). The Morgan fingerprint density at radius 1 is 1.03 bits per heavy atom. The van der Waals surface area contributed by atoms with Crippen LogP contribution in [0.1, 0.15) is 43.7 Å². The van der Waals surface area contributed by atoms with Crippen LogP contribution in [0.3, 0.4) is 0 Å². The molecule has 5 nitrogen and oxygen atoms in total. The molecule has 2 aromatic carbocycles. The number of carbonyl (C=O) groups excluding carboxylic acids is 1. The standard InChI is InChI=1S/C26H35N3O2/c1-20(2)26(30)27-24-8-5-7-22(18-24)21-10-12-28(13-11-21)19-23-6-3-4-9-25(23)29-14-16-31-17-15-29/h3-9,18,20-21H,10-17,19H2,1-2H3,(H,27,30). The average molecular weight is 422 g/mol. The van der Waals surface area contributed by atoms with Crippen LogP contribution in [0.25, 0.3) is 0 Å². The molecule has 31 heavy (non-hydrogen) atoms. The van der Waals surface area contributed by atoms with Crippen molar-refractivity contribution in [3.63, 3.8) is 0 Å². The fraction of sp³-hybridized carbons (Fsp3) is 0.500. The molecule has 2 aromatic rings. The molecular formula is C26H35N3O2. The largest absolute Gasteiger partial charge is 0.378 e. The number of para-hydroxylation sites is 1. The van der Waals surface area contributed by atoms with E-state index in [4.69, 9.17) is 4.74 Å². The van der Waals surface area contributed by atoms with E-state index in [2.05, 4.69) is 57.6 Å². The van der Waals surface area contributed by atoms with Crippen LogP contribution in [0, 0.1) is 5.92 Å². The minimum atomic E-state index is -0.00719. The van der Waals surface area contributed by atoms with E-state index in [0.717, 1.165) is 64.5 Å². The number of nitrogens with zero attached hydrogens (tertiary/aromatic N) is 2. The van der Waals surface area contributed by atoms with E-state index in [-0.39, 0.29) is 11.8 Å². The summed E-state index contributed by atoms with van der Waals surface area (Å²) in [5, 5.41) is 3.04. The zero-order valence-corrected chi connectivity index (χ0v) is 18.8. The normalized spacial score (nSPS) is 18.4. The molecule has 2 saturated heterocycles. The summed E-state index contributed by atoms with van der Waals surface area (Å²) in [6.07, 6.45) is 2.31. The van der Waals surface area contributed by atoms with Gasteiger partial charge >= 0.3 is 0 Å². The smallest absolute Gasteiger partial charge is 0.226 e. The molecule has 2 heterocycles. The highest BCUT2D eigenvalue weighted by Crippen LogP contribution is 2.31. The predicted molar refractivity (Wildman–Crippen MR) is 127 cm³/mol. The SMILES string of the molecule is CC(C)C(=O)Nc1cccc(C2CCN(Cc3ccccc3N3CCOCC3)CC2)c1. The Morgan fingerprint density at radius 2 is 1.77 bits per heavy atom. The summed E-state index contributed by atoms with van der Waals surface area (Å²) in [5.41, 5.74) is 5.04. The third-order valence-corrected chi connectivity index (χ3v) is 6.47. The second-order valence-electron chi connectivity index (χ2n) is 9.05. The molecule has 1 N–H and O–H groups in total. The summed E-state index contributed by atoms with van der Waals surface area (Å²) in [6.45, 7) is 10.6. The lowest BCUT2D eigenvalue weighted by molar-refractivity contribution is -0.118. The van der Waals surface area contributed by atoms with E-state index in [1.165, 1.54) is 16.8 Å². The third kappa shape index (κ3) is 5.66. The number of hydrogen-bond donors (Lipinski definition) is 1. The summed E-state index contributed by atoms with van der Waals surface area (Å²) in [5.74, 6) is 0.625. The molecule has 0 radical (unpaired) electrons. The number of benzene rings is 2. The number of ether oxygens (including phenoxy) is 1. The van der Waals surface area contributed by atoms with Gasteiger partial charge in [0.2, 0.25) is 5.91 Å². The number of likely N-dealkylation sites (tertiary alicyclic amines) is 1. The number of morpholine rings is 1. The van der Waals surface area contributed by atoms with E-state index < -0.39 is 0 Å². The lowest BCUT2D eigenvalue weighted by Crippen LogP contribution is -2.38. The average Bonchev–Trinajstić information content (AvgIpc) is 2.80. The topological polar surface area (TPSA) is 44.8 Å². The highest BCUT2D eigenvalue weighted by molar-refractivity contribution is 5.92. The molecule has 2 fully saturated rings. The lowest BCUT2D eigenvalue weighted by atomic mass is 9.89. The van der Waals surface area contributed by atoms with Crippen molar-refractivity contribution < 1.29 is 9.53 Å².